The molecule has 0 unspecified atom stereocenters. The quantitative estimate of drug-likeness (QED) is 0.600. The minimum absolute atomic E-state index is 0.191. The molecular formula is C21H21FN4O3. The van der Waals surface area contributed by atoms with Crippen LogP contribution in [0.4, 0.5) is 21.7 Å². The van der Waals surface area contributed by atoms with E-state index in [1.165, 1.54) is 6.07 Å². The molecule has 3 aromatic rings. The van der Waals surface area contributed by atoms with Gasteiger partial charge < -0.3 is 20.1 Å². The zero-order valence-corrected chi connectivity index (χ0v) is 16.1. The average Bonchev–Trinajstić information content (AvgIpc) is 2.75. The van der Waals surface area contributed by atoms with Crippen molar-refractivity contribution >= 4 is 23.2 Å². The van der Waals surface area contributed by atoms with Crippen LogP contribution in [-0.4, -0.2) is 30.3 Å². The SMILES string of the molecule is COc1ccc(CCC(=O)Nc2ccc(Nc3ccccc3F)nn2)cc1OC. The lowest BCUT2D eigenvalue weighted by Crippen LogP contribution is -2.14. The molecule has 0 atom stereocenters. The molecule has 29 heavy (non-hydrogen) atoms. The highest BCUT2D eigenvalue weighted by atomic mass is 19.1. The van der Waals surface area contributed by atoms with Crippen LogP contribution in [0.15, 0.2) is 54.6 Å². The molecule has 150 valence electrons. The molecule has 0 fully saturated rings. The summed E-state index contributed by atoms with van der Waals surface area (Å²) in [6, 6.07) is 15.0. The van der Waals surface area contributed by atoms with Gasteiger partial charge in [-0.1, -0.05) is 18.2 Å². The maximum Gasteiger partial charge on any atom is 0.225 e. The fraction of sp³-hybridized carbons (Fsp3) is 0.190. The Labute approximate surface area is 167 Å². The van der Waals surface area contributed by atoms with Crippen molar-refractivity contribution in [3.05, 3.63) is 66.0 Å². The van der Waals surface area contributed by atoms with Crippen LogP contribution in [0.2, 0.25) is 0 Å². The van der Waals surface area contributed by atoms with E-state index in [4.69, 9.17) is 9.47 Å². The standard InChI is InChI=1S/C21H21FN4O3/c1-28-17-9-7-14(13-18(17)29-2)8-12-21(27)24-20-11-10-19(25-26-20)23-16-6-4-3-5-15(16)22/h3-7,9-11,13H,8,12H2,1-2H3,(H,23,25)(H,24,26,27). The highest BCUT2D eigenvalue weighted by Gasteiger charge is 2.09. The number of hydrogen-bond acceptors (Lipinski definition) is 6. The molecule has 0 aliphatic heterocycles. The van der Waals surface area contributed by atoms with Gasteiger partial charge in [-0.05, 0) is 48.4 Å². The highest BCUT2D eigenvalue weighted by Crippen LogP contribution is 2.28. The topological polar surface area (TPSA) is 85.4 Å². The van der Waals surface area contributed by atoms with Crippen molar-refractivity contribution in [1.29, 1.82) is 0 Å². The molecule has 2 aromatic carbocycles. The van der Waals surface area contributed by atoms with E-state index in [-0.39, 0.29) is 18.1 Å². The third-order valence-electron chi connectivity index (χ3n) is 4.16. The Balaban J connectivity index is 1.54. The second kappa shape index (κ2) is 9.50. The van der Waals surface area contributed by atoms with E-state index in [0.717, 1.165) is 5.56 Å². The molecule has 2 N–H and O–H groups in total. The first-order valence-corrected chi connectivity index (χ1v) is 8.95. The molecule has 1 amide bonds. The monoisotopic (exact) mass is 396 g/mol. The molecule has 1 heterocycles. The predicted octanol–water partition coefficient (Wildman–Crippen LogP) is 3.95. The molecule has 0 bridgehead atoms. The van der Waals surface area contributed by atoms with Crippen LogP contribution in [0.25, 0.3) is 0 Å². The number of carbonyl (C=O) groups is 1. The highest BCUT2D eigenvalue weighted by molar-refractivity contribution is 5.89. The molecule has 0 saturated heterocycles. The van der Waals surface area contributed by atoms with Gasteiger partial charge in [-0.2, -0.15) is 0 Å². The minimum atomic E-state index is -0.387. The number of amides is 1. The molecular weight excluding hydrogens is 375 g/mol. The first kappa shape index (κ1) is 20.1. The summed E-state index contributed by atoms with van der Waals surface area (Å²) in [6.45, 7) is 0. The van der Waals surface area contributed by atoms with E-state index < -0.39 is 0 Å². The first-order chi connectivity index (χ1) is 14.1. The third kappa shape index (κ3) is 5.41. The van der Waals surface area contributed by atoms with Crippen molar-refractivity contribution < 1.29 is 18.7 Å². The van der Waals surface area contributed by atoms with Crippen molar-refractivity contribution in [3.8, 4) is 11.5 Å². The first-order valence-electron chi connectivity index (χ1n) is 8.95. The zero-order chi connectivity index (χ0) is 20.6. The summed E-state index contributed by atoms with van der Waals surface area (Å²) in [7, 11) is 3.14. The van der Waals surface area contributed by atoms with E-state index in [2.05, 4.69) is 20.8 Å². The van der Waals surface area contributed by atoms with Crippen molar-refractivity contribution in [2.45, 2.75) is 12.8 Å². The second-order valence-electron chi connectivity index (χ2n) is 6.15. The number of rotatable bonds is 8. The maximum absolute atomic E-state index is 13.7. The van der Waals surface area contributed by atoms with E-state index in [1.807, 2.05) is 12.1 Å². The lowest BCUT2D eigenvalue weighted by Gasteiger charge is -2.10. The van der Waals surface area contributed by atoms with Crippen molar-refractivity contribution in [3.63, 3.8) is 0 Å². The fourth-order valence-electron chi connectivity index (χ4n) is 2.67. The summed E-state index contributed by atoms with van der Waals surface area (Å²) < 4.78 is 24.1. The van der Waals surface area contributed by atoms with Crippen LogP contribution >= 0.6 is 0 Å². The summed E-state index contributed by atoms with van der Waals surface area (Å²) in [6.07, 6.45) is 0.804. The summed E-state index contributed by atoms with van der Waals surface area (Å²) in [5.41, 5.74) is 1.25. The summed E-state index contributed by atoms with van der Waals surface area (Å²) in [5, 5.41) is 13.4. The van der Waals surface area contributed by atoms with Gasteiger partial charge in [-0.3, -0.25) is 4.79 Å². The average molecular weight is 396 g/mol. The van der Waals surface area contributed by atoms with Crippen LogP contribution in [-0.2, 0) is 11.2 Å². The fourth-order valence-corrected chi connectivity index (χ4v) is 2.67. The van der Waals surface area contributed by atoms with Crippen LogP contribution in [0.1, 0.15) is 12.0 Å². The van der Waals surface area contributed by atoms with Crippen molar-refractivity contribution in [1.82, 2.24) is 10.2 Å². The number of ether oxygens (including phenoxy) is 2. The summed E-state index contributed by atoms with van der Waals surface area (Å²) in [5.74, 6) is 1.37. The Hall–Kier alpha value is -3.68. The van der Waals surface area contributed by atoms with Gasteiger partial charge in [0.2, 0.25) is 5.91 Å². The Morgan fingerprint density at radius 1 is 0.966 bits per heavy atom. The molecule has 1 aromatic heterocycles. The van der Waals surface area contributed by atoms with Crippen molar-refractivity contribution in [2.75, 3.05) is 24.9 Å². The zero-order valence-electron chi connectivity index (χ0n) is 16.1. The number of methoxy groups -OCH3 is 2. The molecule has 0 aliphatic carbocycles. The lowest BCUT2D eigenvalue weighted by molar-refractivity contribution is -0.116. The van der Waals surface area contributed by atoms with E-state index in [9.17, 15) is 9.18 Å². The number of hydrogen-bond donors (Lipinski definition) is 2. The number of aromatic nitrogens is 2. The van der Waals surface area contributed by atoms with Gasteiger partial charge in [0.25, 0.3) is 0 Å². The smallest absolute Gasteiger partial charge is 0.225 e. The van der Waals surface area contributed by atoms with Crippen molar-refractivity contribution in [2.24, 2.45) is 0 Å². The molecule has 0 aliphatic rings. The number of halogens is 1. The molecule has 7 nitrogen and oxygen atoms in total. The lowest BCUT2D eigenvalue weighted by atomic mass is 10.1. The van der Waals surface area contributed by atoms with E-state index >= 15 is 0 Å². The minimum Gasteiger partial charge on any atom is -0.493 e. The van der Waals surface area contributed by atoms with Gasteiger partial charge in [-0.15, -0.1) is 10.2 Å². The van der Waals surface area contributed by atoms with Crippen LogP contribution in [0.5, 0.6) is 11.5 Å². The van der Waals surface area contributed by atoms with Crippen LogP contribution < -0.4 is 20.1 Å². The largest absolute Gasteiger partial charge is 0.493 e. The van der Waals surface area contributed by atoms with Crippen LogP contribution in [0, 0.1) is 5.82 Å². The molecule has 3 rings (SSSR count). The number of carbonyl (C=O) groups excluding carboxylic acids is 1. The van der Waals surface area contributed by atoms with Gasteiger partial charge >= 0.3 is 0 Å². The molecule has 0 radical (unpaired) electrons. The Bertz CT molecular complexity index is 980. The maximum atomic E-state index is 13.7. The number of anilines is 3. The van der Waals surface area contributed by atoms with Gasteiger partial charge in [0.05, 0.1) is 19.9 Å². The molecule has 0 spiro atoms. The Kier molecular flexibility index (Phi) is 6.57. The summed E-state index contributed by atoms with van der Waals surface area (Å²) in [4.78, 5) is 12.2. The number of nitrogens with one attached hydrogen (secondary N) is 2. The normalized spacial score (nSPS) is 10.3. The number of nitrogens with zero attached hydrogens (tertiary/aromatic N) is 2. The van der Waals surface area contributed by atoms with E-state index in [0.29, 0.717) is 35.2 Å². The number of benzene rings is 2. The summed E-state index contributed by atoms with van der Waals surface area (Å²) >= 11 is 0. The van der Waals surface area contributed by atoms with Gasteiger partial charge in [0.15, 0.2) is 23.1 Å². The second-order valence-corrected chi connectivity index (χ2v) is 6.15. The molecule has 0 saturated carbocycles. The van der Waals surface area contributed by atoms with Gasteiger partial charge in [0.1, 0.15) is 5.82 Å². The number of aryl methyl sites for hydroxylation is 1. The third-order valence-corrected chi connectivity index (χ3v) is 4.16. The number of para-hydroxylation sites is 1. The van der Waals surface area contributed by atoms with Gasteiger partial charge in [-0.25, -0.2) is 4.39 Å². The van der Waals surface area contributed by atoms with Crippen LogP contribution in [0.3, 0.4) is 0 Å². The van der Waals surface area contributed by atoms with Gasteiger partial charge in [0, 0.05) is 6.42 Å². The molecule has 8 heteroatoms. The Morgan fingerprint density at radius 2 is 1.69 bits per heavy atom. The Morgan fingerprint density at radius 3 is 2.38 bits per heavy atom. The van der Waals surface area contributed by atoms with E-state index in [1.54, 1.807) is 50.6 Å². The predicted molar refractivity (Wildman–Crippen MR) is 108 cm³/mol.